The Hall–Kier alpha value is -2.31. The minimum atomic E-state index is -3.19. The lowest BCUT2D eigenvalue weighted by molar-refractivity contribution is 0.501. The van der Waals surface area contributed by atoms with E-state index in [1.807, 2.05) is 92.7 Å². The SMILES string of the molecule is Cc1ccc(OP(=O)(c2ccccc2)c2ccccc2)c(C)c1. The van der Waals surface area contributed by atoms with Crippen LogP contribution in [0.5, 0.6) is 5.75 Å². The number of aryl methyl sites for hydroxylation is 2. The maximum Gasteiger partial charge on any atom is 0.306 e. The highest BCUT2D eigenvalue weighted by atomic mass is 31.2. The van der Waals surface area contributed by atoms with Crippen LogP contribution in [0.3, 0.4) is 0 Å². The Morgan fingerprint density at radius 3 is 1.74 bits per heavy atom. The quantitative estimate of drug-likeness (QED) is 0.656. The van der Waals surface area contributed by atoms with Gasteiger partial charge in [-0.05, 0) is 49.7 Å². The van der Waals surface area contributed by atoms with Crippen molar-refractivity contribution in [2.45, 2.75) is 13.8 Å². The van der Waals surface area contributed by atoms with Crippen LogP contribution < -0.4 is 15.1 Å². The highest BCUT2D eigenvalue weighted by Gasteiger charge is 2.30. The summed E-state index contributed by atoms with van der Waals surface area (Å²) < 4.78 is 19.9. The average Bonchev–Trinajstić information content (AvgIpc) is 2.59. The van der Waals surface area contributed by atoms with Gasteiger partial charge in [0.05, 0.1) is 10.6 Å². The fraction of sp³-hybridized carbons (Fsp3) is 0.100. The van der Waals surface area contributed by atoms with Gasteiger partial charge >= 0.3 is 7.37 Å². The Labute approximate surface area is 137 Å². The third-order valence-corrected chi connectivity index (χ3v) is 6.16. The average molecular weight is 322 g/mol. The van der Waals surface area contributed by atoms with E-state index in [0.29, 0.717) is 16.4 Å². The largest absolute Gasteiger partial charge is 0.437 e. The molecule has 23 heavy (non-hydrogen) atoms. The molecule has 3 aromatic carbocycles. The van der Waals surface area contributed by atoms with Gasteiger partial charge in [-0.15, -0.1) is 0 Å². The van der Waals surface area contributed by atoms with E-state index in [-0.39, 0.29) is 0 Å². The molecule has 3 heteroatoms. The summed E-state index contributed by atoms with van der Waals surface area (Å²) in [6.45, 7) is 4.01. The Morgan fingerprint density at radius 2 is 1.26 bits per heavy atom. The molecule has 116 valence electrons. The van der Waals surface area contributed by atoms with Crippen LogP contribution in [-0.4, -0.2) is 0 Å². The van der Waals surface area contributed by atoms with Crippen molar-refractivity contribution in [1.82, 2.24) is 0 Å². The first kappa shape index (κ1) is 15.6. The van der Waals surface area contributed by atoms with Gasteiger partial charge in [0, 0.05) is 0 Å². The second kappa shape index (κ2) is 6.44. The first-order chi connectivity index (χ1) is 11.1. The van der Waals surface area contributed by atoms with E-state index in [4.69, 9.17) is 4.52 Å². The van der Waals surface area contributed by atoms with Crippen molar-refractivity contribution in [1.29, 1.82) is 0 Å². The smallest absolute Gasteiger partial charge is 0.306 e. The van der Waals surface area contributed by atoms with E-state index in [1.54, 1.807) is 0 Å². The normalized spacial score (nSPS) is 11.2. The molecule has 0 saturated carbocycles. The van der Waals surface area contributed by atoms with E-state index in [1.165, 1.54) is 0 Å². The maximum absolute atomic E-state index is 13.8. The third kappa shape index (κ3) is 3.23. The minimum absolute atomic E-state index is 0.659. The topological polar surface area (TPSA) is 26.3 Å². The van der Waals surface area contributed by atoms with Crippen LogP contribution in [0.2, 0.25) is 0 Å². The van der Waals surface area contributed by atoms with Crippen LogP contribution in [0.1, 0.15) is 11.1 Å². The molecule has 0 aliphatic heterocycles. The fourth-order valence-electron chi connectivity index (χ4n) is 2.54. The number of benzene rings is 3. The van der Waals surface area contributed by atoms with Gasteiger partial charge in [-0.2, -0.15) is 0 Å². The summed E-state index contributed by atoms with van der Waals surface area (Å²) in [6, 6.07) is 24.7. The van der Waals surface area contributed by atoms with Crippen LogP contribution in [0, 0.1) is 13.8 Å². The van der Waals surface area contributed by atoms with Crippen LogP contribution in [0.4, 0.5) is 0 Å². The summed E-state index contributed by atoms with van der Waals surface area (Å²) >= 11 is 0. The van der Waals surface area contributed by atoms with Crippen molar-refractivity contribution in [3.05, 3.63) is 90.0 Å². The van der Waals surface area contributed by atoms with Gasteiger partial charge < -0.3 is 4.52 Å². The second-order valence-corrected chi connectivity index (χ2v) is 7.90. The van der Waals surface area contributed by atoms with E-state index in [2.05, 4.69) is 0 Å². The molecule has 3 aromatic rings. The Kier molecular flexibility index (Phi) is 4.36. The molecule has 2 nitrogen and oxygen atoms in total. The van der Waals surface area contributed by atoms with E-state index >= 15 is 0 Å². The Balaban J connectivity index is 2.12. The highest BCUT2D eigenvalue weighted by Crippen LogP contribution is 2.45. The predicted molar refractivity (Wildman–Crippen MR) is 96.3 cm³/mol. The summed E-state index contributed by atoms with van der Waals surface area (Å²) in [7, 11) is -3.19. The van der Waals surface area contributed by atoms with E-state index in [0.717, 1.165) is 11.1 Å². The molecule has 0 aromatic heterocycles. The second-order valence-electron chi connectivity index (χ2n) is 5.58. The monoisotopic (exact) mass is 322 g/mol. The van der Waals surface area contributed by atoms with Crippen LogP contribution in [0.15, 0.2) is 78.9 Å². The molecular weight excluding hydrogens is 303 g/mol. The fourth-order valence-corrected chi connectivity index (χ4v) is 4.66. The molecule has 0 heterocycles. The van der Waals surface area contributed by atoms with Crippen molar-refractivity contribution >= 4 is 18.0 Å². The van der Waals surface area contributed by atoms with E-state index in [9.17, 15) is 4.57 Å². The van der Waals surface area contributed by atoms with Gasteiger partial charge in [0.2, 0.25) is 0 Å². The maximum atomic E-state index is 13.8. The minimum Gasteiger partial charge on any atom is -0.437 e. The van der Waals surface area contributed by atoms with Crippen molar-refractivity contribution in [2.75, 3.05) is 0 Å². The van der Waals surface area contributed by atoms with Crippen LogP contribution in [0.25, 0.3) is 0 Å². The molecule has 0 radical (unpaired) electrons. The van der Waals surface area contributed by atoms with Gasteiger partial charge in [0.15, 0.2) is 0 Å². The summed E-state index contributed by atoms with van der Waals surface area (Å²) in [6.07, 6.45) is 0. The molecule has 0 fully saturated rings. The lowest BCUT2D eigenvalue weighted by Crippen LogP contribution is -2.20. The van der Waals surface area contributed by atoms with Crippen molar-refractivity contribution in [3.63, 3.8) is 0 Å². The van der Waals surface area contributed by atoms with Gasteiger partial charge in [0.25, 0.3) is 0 Å². The molecular formula is C20H19O2P. The molecule has 0 spiro atoms. The molecule has 0 saturated heterocycles. The van der Waals surface area contributed by atoms with Crippen LogP contribution in [-0.2, 0) is 4.57 Å². The Bertz CT molecular complexity index is 799. The van der Waals surface area contributed by atoms with Gasteiger partial charge in [-0.1, -0.05) is 54.1 Å². The summed E-state index contributed by atoms with van der Waals surface area (Å²) in [4.78, 5) is 0. The Morgan fingerprint density at radius 1 is 0.739 bits per heavy atom. The third-order valence-electron chi connectivity index (χ3n) is 3.75. The summed E-state index contributed by atoms with van der Waals surface area (Å²) in [5.74, 6) is 0.659. The zero-order valence-electron chi connectivity index (χ0n) is 13.3. The summed E-state index contributed by atoms with van der Waals surface area (Å²) in [5, 5.41) is 1.40. The van der Waals surface area contributed by atoms with Crippen molar-refractivity contribution in [2.24, 2.45) is 0 Å². The van der Waals surface area contributed by atoms with Gasteiger partial charge in [0.1, 0.15) is 5.75 Å². The number of hydrogen-bond acceptors (Lipinski definition) is 2. The summed E-state index contributed by atoms with van der Waals surface area (Å²) in [5.41, 5.74) is 2.14. The first-order valence-electron chi connectivity index (χ1n) is 7.58. The number of hydrogen-bond donors (Lipinski definition) is 0. The lowest BCUT2D eigenvalue weighted by atomic mass is 10.1. The van der Waals surface area contributed by atoms with Crippen LogP contribution >= 0.6 is 7.37 Å². The molecule has 0 amide bonds. The van der Waals surface area contributed by atoms with E-state index < -0.39 is 7.37 Å². The zero-order valence-corrected chi connectivity index (χ0v) is 14.2. The van der Waals surface area contributed by atoms with Crippen molar-refractivity contribution in [3.8, 4) is 5.75 Å². The lowest BCUT2D eigenvalue weighted by Gasteiger charge is -2.21. The molecule has 0 atom stereocenters. The van der Waals surface area contributed by atoms with Crippen molar-refractivity contribution < 1.29 is 9.09 Å². The number of rotatable bonds is 4. The first-order valence-corrected chi connectivity index (χ1v) is 9.20. The van der Waals surface area contributed by atoms with Gasteiger partial charge in [-0.25, -0.2) is 0 Å². The predicted octanol–water partition coefficient (Wildman–Crippen LogP) is 4.61. The molecule has 3 rings (SSSR count). The molecule has 0 bridgehead atoms. The molecule has 0 N–H and O–H groups in total. The molecule has 0 aliphatic carbocycles. The standard InChI is InChI=1S/C20H19O2P/c1-16-13-14-20(17(2)15-16)22-23(21,18-9-5-3-6-10-18)19-11-7-4-8-12-19/h3-15H,1-2H3. The zero-order chi connectivity index (χ0) is 16.3. The van der Waals surface area contributed by atoms with Gasteiger partial charge in [-0.3, -0.25) is 4.57 Å². The highest BCUT2D eigenvalue weighted by molar-refractivity contribution is 7.74. The molecule has 0 unspecified atom stereocenters. The molecule has 0 aliphatic rings.